The van der Waals surface area contributed by atoms with E-state index in [1.165, 1.54) is 31.2 Å². The smallest absolute Gasteiger partial charge is 0.183 e. The van der Waals surface area contributed by atoms with Gasteiger partial charge >= 0.3 is 0 Å². The minimum atomic E-state index is 0.553. The number of H-pyrrole nitrogens is 1. The molecule has 1 aliphatic rings. The first-order chi connectivity index (χ1) is 8.74. The van der Waals surface area contributed by atoms with Gasteiger partial charge in [0.05, 0.1) is 0 Å². The average molecular weight is 242 g/mol. The number of aromatic amines is 1. The third-order valence-electron chi connectivity index (χ3n) is 3.69. The molecular formula is C14H18N4. The van der Waals surface area contributed by atoms with E-state index in [9.17, 15) is 0 Å². The van der Waals surface area contributed by atoms with E-state index < -0.39 is 0 Å². The molecule has 0 radical (unpaired) electrons. The third kappa shape index (κ3) is 1.98. The third-order valence-corrected chi connectivity index (χ3v) is 3.69. The highest BCUT2D eigenvalue weighted by Gasteiger charge is 2.21. The van der Waals surface area contributed by atoms with Crippen LogP contribution < -0.4 is 5.73 Å². The second kappa shape index (κ2) is 4.44. The minimum Gasteiger partial charge on any atom is -0.398 e. The number of hydrogen-bond donors (Lipinski definition) is 2. The van der Waals surface area contributed by atoms with Crippen molar-refractivity contribution in [1.29, 1.82) is 0 Å². The number of anilines is 1. The van der Waals surface area contributed by atoms with E-state index in [1.807, 2.05) is 25.1 Å². The van der Waals surface area contributed by atoms with Gasteiger partial charge in [0.1, 0.15) is 5.82 Å². The van der Waals surface area contributed by atoms with Crippen molar-refractivity contribution < 1.29 is 0 Å². The Morgan fingerprint density at radius 1 is 1.28 bits per heavy atom. The van der Waals surface area contributed by atoms with Crippen LogP contribution in [0.5, 0.6) is 0 Å². The summed E-state index contributed by atoms with van der Waals surface area (Å²) in [5.74, 6) is 2.29. The lowest BCUT2D eigenvalue weighted by molar-refractivity contribution is 0.672. The highest BCUT2D eigenvalue weighted by Crippen LogP contribution is 2.33. The van der Waals surface area contributed by atoms with Gasteiger partial charge in [-0.2, -0.15) is 5.10 Å². The minimum absolute atomic E-state index is 0.553. The molecule has 1 aromatic heterocycles. The normalized spacial score (nSPS) is 16.3. The van der Waals surface area contributed by atoms with Gasteiger partial charge in [0.2, 0.25) is 0 Å². The summed E-state index contributed by atoms with van der Waals surface area (Å²) >= 11 is 0. The zero-order valence-corrected chi connectivity index (χ0v) is 10.6. The molecule has 0 spiro atoms. The summed E-state index contributed by atoms with van der Waals surface area (Å²) in [5, 5.41) is 7.39. The van der Waals surface area contributed by atoms with Crippen LogP contribution >= 0.6 is 0 Å². The zero-order chi connectivity index (χ0) is 12.5. The Morgan fingerprint density at radius 2 is 2.06 bits per heavy atom. The van der Waals surface area contributed by atoms with Crippen LogP contribution in [-0.2, 0) is 0 Å². The van der Waals surface area contributed by atoms with Gasteiger partial charge in [-0.25, -0.2) is 4.98 Å². The van der Waals surface area contributed by atoms with Crippen LogP contribution in [-0.4, -0.2) is 15.2 Å². The number of benzene rings is 1. The number of nitrogen functional groups attached to an aromatic ring is 1. The molecule has 4 heteroatoms. The molecule has 94 valence electrons. The summed E-state index contributed by atoms with van der Waals surface area (Å²) < 4.78 is 0. The maximum absolute atomic E-state index is 5.99. The Balaban J connectivity index is 1.94. The molecule has 2 aromatic rings. The standard InChI is InChI=1S/C14H18N4/c1-9-6-7-12(15)11(8-9)14-16-13(17-18-14)10-4-2-3-5-10/h6-8,10H,2-5,15H2,1H3,(H,16,17,18). The monoisotopic (exact) mass is 242 g/mol. The second-order valence-electron chi connectivity index (χ2n) is 5.12. The van der Waals surface area contributed by atoms with Crippen molar-refractivity contribution in [2.75, 3.05) is 5.73 Å². The lowest BCUT2D eigenvalue weighted by Gasteiger charge is -2.03. The number of nitrogens with one attached hydrogen (secondary N) is 1. The fraction of sp³-hybridized carbons (Fsp3) is 0.429. The van der Waals surface area contributed by atoms with E-state index in [2.05, 4.69) is 15.2 Å². The summed E-state index contributed by atoms with van der Waals surface area (Å²) in [6.45, 7) is 2.05. The lowest BCUT2D eigenvalue weighted by atomic mass is 10.1. The topological polar surface area (TPSA) is 67.6 Å². The number of hydrogen-bond acceptors (Lipinski definition) is 3. The van der Waals surface area contributed by atoms with Gasteiger partial charge in [-0.3, -0.25) is 5.10 Å². The Labute approximate surface area is 107 Å². The summed E-state index contributed by atoms with van der Waals surface area (Å²) in [4.78, 5) is 4.62. The molecular weight excluding hydrogens is 224 g/mol. The van der Waals surface area contributed by atoms with Crippen LogP contribution in [0.2, 0.25) is 0 Å². The summed E-state index contributed by atoms with van der Waals surface area (Å²) in [6, 6.07) is 5.95. The van der Waals surface area contributed by atoms with E-state index in [0.717, 1.165) is 22.9 Å². The van der Waals surface area contributed by atoms with Gasteiger partial charge in [0, 0.05) is 17.2 Å². The molecule has 0 saturated heterocycles. The highest BCUT2D eigenvalue weighted by atomic mass is 15.2. The molecule has 0 aliphatic heterocycles. The Bertz CT molecular complexity index is 553. The van der Waals surface area contributed by atoms with Crippen molar-refractivity contribution in [2.45, 2.75) is 38.5 Å². The fourth-order valence-corrected chi connectivity index (χ4v) is 2.64. The first kappa shape index (κ1) is 11.3. The largest absolute Gasteiger partial charge is 0.398 e. The number of rotatable bonds is 2. The molecule has 1 aromatic carbocycles. The van der Waals surface area contributed by atoms with Crippen LogP contribution in [0.1, 0.15) is 43.0 Å². The van der Waals surface area contributed by atoms with E-state index >= 15 is 0 Å². The molecule has 0 unspecified atom stereocenters. The van der Waals surface area contributed by atoms with Crippen LogP contribution in [0.25, 0.3) is 11.4 Å². The molecule has 3 rings (SSSR count). The van der Waals surface area contributed by atoms with Crippen LogP contribution in [0.3, 0.4) is 0 Å². The molecule has 1 saturated carbocycles. The van der Waals surface area contributed by atoms with Gasteiger partial charge in [-0.15, -0.1) is 0 Å². The molecule has 4 nitrogen and oxygen atoms in total. The summed E-state index contributed by atoms with van der Waals surface area (Å²) in [7, 11) is 0. The van der Waals surface area contributed by atoms with Crippen molar-refractivity contribution in [2.24, 2.45) is 0 Å². The first-order valence-electron chi connectivity index (χ1n) is 6.53. The summed E-state index contributed by atoms with van der Waals surface area (Å²) in [5.41, 5.74) is 8.82. The van der Waals surface area contributed by atoms with Crippen molar-refractivity contribution >= 4 is 5.69 Å². The predicted molar refractivity (Wildman–Crippen MR) is 72.2 cm³/mol. The van der Waals surface area contributed by atoms with Gasteiger partial charge in [0.25, 0.3) is 0 Å². The Morgan fingerprint density at radius 3 is 2.83 bits per heavy atom. The molecule has 18 heavy (non-hydrogen) atoms. The SMILES string of the molecule is Cc1ccc(N)c(-c2n[nH]c(C3CCCC3)n2)c1. The number of aromatic nitrogens is 3. The van der Waals surface area contributed by atoms with E-state index in [0.29, 0.717) is 5.92 Å². The van der Waals surface area contributed by atoms with Crippen molar-refractivity contribution in [3.8, 4) is 11.4 Å². The van der Waals surface area contributed by atoms with Gasteiger partial charge in [-0.05, 0) is 31.9 Å². The number of aryl methyl sites for hydroxylation is 1. The zero-order valence-electron chi connectivity index (χ0n) is 10.6. The van der Waals surface area contributed by atoms with E-state index in [1.54, 1.807) is 0 Å². The van der Waals surface area contributed by atoms with Gasteiger partial charge < -0.3 is 5.73 Å². The second-order valence-corrected chi connectivity index (χ2v) is 5.12. The van der Waals surface area contributed by atoms with Crippen LogP contribution in [0.15, 0.2) is 18.2 Å². The van der Waals surface area contributed by atoms with Crippen molar-refractivity contribution in [3.63, 3.8) is 0 Å². The van der Waals surface area contributed by atoms with Crippen molar-refractivity contribution in [1.82, 2.24) is 15.2 Å². The predicted octanol–water partition coefficient (Wildman–Crippen LogP) is 3.02. The highest BCUT2D eigenvalue weighted by molar-refractivity contribution is 5.71. The average Bonchev–Trinajstić information content (AvgIpc) is 3.00. The lowest BCUT2D eigenvalue weighted by Crippen LogP contribution is -1.95. The number of nitrogens with zero attached hydrogens (tertiary/aromatic N) is 2. The van der Waals surface area contributed by atoms with E-state index in [4.69, 9.17) is 5.73 Å². The molecule has 1 fully saturated rings. The maximum Gasteiger partial charge on any atom is 0.183 e. The number of nitrogens with two attached hydrogens (primary N) is 1. The van der Waals surface area contributed by atoms with Gasteiger partial charge in [0.15, 0.2) is 5.82 Å². The maximum atomic E-state index is 5.99. The van der Waals surface area contributed by atoms with Crippen LogP contribution in [0, 0.1) is 6.92 Å². The summed E-state index contributed by atoms with van der Waals surface area (Å²) in [6.07, 6.45) is 5.04. The Hall–Kier alpha value is -1.84. The van der Waals surface area contributed by atoms with Crippen LogP contribution in [0.4, 0.5) is 5.69 Å². The quantitative estimate of drug-likeness (QED) is 0.795. The van der Waals surface area contributed by atoms with E-state index in [-0.39, 0.29) is 0 Å². The van der Waals surface area contributed by atoms with Gasteiger partial charge in [-0.1, -0.05) is 24.5 Å². The molecule has 1 aliphatic carbocycles. The fourth-order valence-electron chi connectivity index (χ4n) is 2.64. The molecule has 0 atom stereocenters. The first-order valence-corrected chi connectivity index (χ1v) is 6.53. The molecule has 3 N–H and O–H groups in total. The molecule has 0 bridgehead atoms. The Kier molecular flexibility index (Phi) is 2.78. The molecule has 1 heterocycles. The van der Waals surface area contributed by atoms with Crippen molar-refractivity contribution in [3.05, 3.63) is 29.6 Å². The molecule has 0 amide bonds.